The minimum Gasteiger partial charge on any atom is -0.497 e. The van der Waals surface area contributed by atoms with Gasteiger partial charge in [-0.25, -0.2) is 19.4 Å². The van der Waals surface area contributed by atoms with Crippen LogP contribution in [0.2, 0.25) is 0 Å². The first kappa shape index (κ1) is 23.6. The number of methoxy groups -OCH3 is 1. The maximum Gasteiger partial charge on any atom is 0.358 e. The third-order valence-electron chi connectivity index (χ3n) is 5.32. The van der Waals surface area contributed by atoms with E-state index < -0.39 is 5.97 Å². The first-order valence-electron chi connectivity index (χ1n) is 11.0. The Bertz CT molecular complexity index is 1400. The molecule has 2 aromatic heterocycles. The van der Waals surface area contributed by atoms with Crippen LogP contribution >= 0.6 is 0 Å². The topological polar surface area (TPSA) is 119 Å². The predicted octanol–water partition coefficient (Wildman–Crippen LogP) is 4.27. The summed E-state index contributed by atoms with van der Waals surface area (Å²) in [6, 6.07) is 19.4. The van der Waals surface area contributed by atoms with Crippen LogP contribution < -0.4 is 15.6 Å². The summed E-state index contributed by atoms with van der Waals surface area (Å²) in [5, 5.41) is 17.5. The summed E-state index contributed by atoms with van der Waals surface area (Å²) in [6.45, 7) is 4.04. The lowest BCUT2D eigenvalue weighted by atomic mass is 10.1. The van der Waals surface area contributed by atoms with Crippen LogP contribution in [0.15, 0.2) is 71.5 Å². The molecule has 0 spiro atoms. The van der Waals surface area contributed by atoms with Crippen molar-refractivity contribution in [2.24, 2.45) is 0 Å². The Balaban J connectivity index is 1.84. The zero-order chi connectivity index (χ0) is 24.9. The van der Waals surface area contributed by atoms with Gasteiger partial charge in [-0.3, -0.25) is 4.79 Å². The number of hydrogen-bond acceptors (Lipinski definition) is 7. The van der Waals surface area contributed by atoms with E-state index in [4.69, 9.17) is 4.74 Å². The van der Waals surface area contributed by atoms with E-state index in [0.717, 1.165) is 11.3 Å². The molecule has 0 radical (unpaired) electrons. The molecule has 35 heavy (non-hydrogen) atoms. The van der Waals surface area contributed by atoms with Gasteiger partial charge in [0.05, 0.1) is 18.8 Å². The average molecular weight is 472 g/mol. The number of rotatable bonds is 8. The van der Waals surface area contributed by atoms with Gasteiger partial charge in [0.15, 0.2) is 11.5 Å². The largest absolute Gasteiger partial charge is 0.497 e. The summed E-state index contributed by atoms with van der Waals surface area (Å²) >= 11 is 0. The summed E-state index contributed by atoms with van der Waals surface area (Å²) in [6.07, 6.45) is 0. The van der Waals surface area contributed by atoms with Gasteiger partial charge in [-0.15, -0.1) is 0 Å². The van der Waals surface area contributed by atoms with Crippen LogP contribution in [0.5, 0.6) is 5.75 Å². The van der Waals surface area contributed by atoms with Crippen LogP contribution in [-0.2, 0) is 6.54 Å². The van der Waals surface area contributed by atoms with E-state index in [-0.39, 0.29) is 23.1 Å². The van der Waals surface area contributed by atoms with Gasteiger partial charge in [0.2, 0.25) is 0 Å². The minimum atomic E-state index is -1.21. The number of hydrogen-bond donors (Lipinski definition) is 2. The fourth-order valence-corrected chi connectivity index (χ4v) is 3.53. The lowest BCUT2D eigenvalue weighted by Crippen LogP contribution is -2.24. The Morgan fingerprint density at radius 2 is 1.71 bits per heavy atom. The van der Waals surface area contributed by atoms with Crippen molar-refractivity contribution in [1.82, 2.24) is 19.7 Å². The Kier molecular flexibility index (Phi) is 6.86. The maximum absolute atomic E-state index is 12.3. The fourth-order valence-electron chi connectivity index (χ4n) is 3.53. The number of carboxylic acid groups (broad SMARTS) is 1. The van der Waals surface area contributed by atoms with Gasteiger partial charge in [0.25, 0.3) is 5.56 Å². The molecule has 2 heterocycles. The third kappa shape index (κ3) is 5.19. The SMILES string of the molecule is COc1ccc(CNc2nc(-c3ccc(=O)n(C(C)C)n3)c(-c3ccccc3)nc2C(=O)O)cc1. The van der Waals surface area contributed by atoms with Crippen molar-refractivity contribution in [3.8, 4) is 28.4 Å². The second kappa shape index (κ2) is 10.2. The van der Waals surface area contributed by atoms with E-state index in [1.54, 1.807) is 13.2 Å². The number of benzene rings is 2. The Morgan fingerprint density at radius 1 is 1.00 bits per heavy atom. The summed E-state index contributed by atoms with van der Waals surface area (Å²) < 4.78 is 6.55. The predicted molar refractivity (Wildman–Crippen MR) is 133 cm³/mol. The molecule has 9 heteroatoms. The minimum absolute atomic E-state index is 0.104. The normalized spacial score (nSPS) is 10.9. The van der Waals surface area contributed by atoms with Gasteiger partial charge < -0.3 is 15.2 Å². The van der Waals surface area contributed by atoms with Gasteiger partial charge in [-0.2, -0.15) is 5.10 Å². The molecule has 0 bridgehead atoms. The first-order chi connectivity index (χ1) is 16.9. The van der Waals surface area contributed by atoms with Crippen molar-refractivity contribution in [2.45, 2.75) is 26.4 Å². The van der Waals surface area contributed by atoms with Crippen LogP contribution in [-0.4, -0.2) is 37.9 Å². The molecule has 0 fully saturated rings. The summed E-state index contributed by atoms with van der Waals surface area (Å²) in [7, 11) is 1.59. The van der Waals surface area contributed by atoms with Crippen molar-refractivity contribution in [2.75, 3.05) is 12.4 Å². The number of anilines is 1. The molecule has 0 aliphatic rings. The Labute approximate surface area is 202 Å². The lowest BCUT2D eigenvalue weighted by Gasteiger charge is -2.15. The molecule has 0 aliphatic heterocycles. The summed E-state index contributed by atoms with van der Waals surface area (Å²) in [5.41, 5.74) is 2.28. The first-order valence-corrected chi connectivity index (χ1v) is 11.0. The van der Waals surface area contributed by atoms with Crippen LogP contribution in [0.25, 0.3) is 22.6 Å². The highest BCUT2D eigenvalue weighted by Crippen LogP contribution is 2.30. The highest BCUT2D eigenvalue weighted by Gasteiger charge is 2.22. The quantitative estimate of drug-likeness (QED) is 0.391. The summed E-state index contributed by atoms with van der Waals surface area (Å²) in [5.74, 6) is -0.383. The van der Waals surface area contributed by atoms with Crippen molar-refractivity contribution in [3.05, 3.63) is 88.3 Å². The second-order valence-corrected chi connectivity index (χ2v) is 8.09. The summed E-state index contributed by atoms with van der Waals surface area (Å²) in [4.78, 5) is 33.5. The molecule has 4 rings (SSSR count). The Hall–Kier alpha value is -4.53. The Morgan fingerprint density at radius 3 is 2.34 bits per heavy atom. The standard InChI is InChI=1S/C26H25N5O4/c1-16(2)31-21(32)14-13-20(30-31)23-22(18-7-5-4-6-8-18)28-24(26(33)34)25(29-23)27-15-17-9-11-19(35-3)12-10-17/h4-14,16H,15H2,1-3H3,(H,27,29)(H,33,34). The molecular formula is C26H25N5O4. The van der Waals surface area contributed by atoms with Gasteiger partial charge >= 0.3 is 5.97 Å². The molecule has 0 unspecified atom stereocenters. The van der Waals surface area contributed by atoms with Gasteiger partial charge in [0, 0.05) is 18.2 Å². The van der Waals surface area contributed by atoms with Crippen molar-refractivity contribution >= 4 is 11.8 Å². The van der Waals surface area contributed by atoms with Gasteiger partial charge in [0.1, 0.15) is 17.1 Å². The second-order valence-electron chi connectivity index (χ2n) is 8.09. The smallest absolute Gasteiger partial charge is 0.358 e. The molecule has 0 atom stereocenters. The zero-order valence-electron chi connectivity index (χ0n) is 19.6. The molecule has 0 saturated heterocycles. The van der Waals surface area contributed by atoms with Crippen molar-refractivity contribution in [3.63, 3.8) is 0 Å². The van der Waals surface area contributed by atoms with Gasteiger partial charge in [-0.1, -0.05) is 42.5 Å². The molecule has 2 N–H and O–H groups in total. The van der Waals surface area contributed by atoms with Crippen LogP contribution in [0.1, 0.15) is 35.9 Å². The molecule has 4 aromatic rings. The van der Waals surface area contributed by atoms with Crippen molar-refractivity contribution < 1.29 is 14.6 Å². The van der Waals surface area contributed by atoms with Crippen molar-refractivity contribution in [1.29, 1.82) is 0 Å². The average Bonchev–Trinajstić information content (AvgIpc) is 2.88. The number of aromatic nitrogens is 4. The lowest BCUT2D eigenvalue weighted by molar-refractivity contribution is 0.0691. The molecule has 2 aromatic carbocycles. The molecule has 178 valence electrons. The van der Waals surface area contributed by atoms with Crippen LogP contribution in [0.4, 0.5) is 5.82 Å². The molecule has 0 saturated carbocycles. The third-order valence-corrected chi connectivity index (χ3v) is 5.32. The van der Waals surface area contributed by atoms with Crippen LogP contribution in [0, 0.1) is 0 Å². The van der Waals surface area contributed by atoms with E-state index in [1.165, 1.54) is 10.7 Å². The highest BCUT2D eigenvalue weighted by atomic mass is 16.5. The molecule has 0 amide bonds. The number of nitrogens with one attached hydrogen (secondary N) is 1. The number of ether oxygens (including phenoxy) is 1. The zero-order valence-corrected chi connectivity index (χ0v) is 19.6. The fraction of sp³-hybridized carbons (Fsp3) is 0.192. The van der Waals surface area contributed by atoms with E-state index in [0.29, 0.717) is 29.2 Å². The number of carbonyl (C=O) groups is 1. The van der Waals surface area contributed by atoms with Crippen LogP contribution in [0.3, 0.4) is 0 Å². The van der Waals surface area contributed by atoms with E-state index in [9.17, 15) is 14.7 Å². The monoisotopic (exact) mass is 471 g/mol. The van der Waals surface area contributed by atoms with E-state index in [1.807, 2.05) is 68.4 Å². The molecular weight excluding hydrogens is 446 g/mol. The number of carboxylic acids is 1. The van der Waals surface area contributed by atoms with Gasteiger partial charge in [-0.05, 0) is 37.6 Å². The molecule has 0 aliphatic carbocycles. The highest BCUT2D eigenvalue weighted by molar-refractivity contribution is 5.93. The number of nitrogens with zero attached hydrogens (tertiary/aromatic N) is 4. The maximum atomic E-state index is 12.3. The van der Waals surface area contributed by atoms with E-state index >= 15 is 0 Å². The number of aromatic carboxylic acids is 1. The molecule has 9 nitrogen and oxygen atoms in total. The van der Waals surface area contributed by atoms with E-state index in [2.05, 4.69) is 20.4 Å².